The number of hydrogen-bond acceptors (Lipinski definition) is 3. The number of nitrogens with two attached hydrogens (primary N) is 1. The molecule has 0 radical (unpaired) electrons. The summed E-state index contributed by atoms with van der Waals surface area (Å²) in [5, 5.41) is 2.66. The summed E-state index contributed by atoms with van der Waals surface area (Å²) in [6.07, 6.45) is -2.70. The Kier molecular flexibility index (Phi) is 8.59. The van der Waals surface area contributed by atoms with Crippen molar-refractivity contribution >= 4 is 11.8 Å². The molecule has 0 aromatic heterocycles. The van der Waals surface area contributed by atoms with Crippen molar-refractivity contribution in [3.8, 4) is 5.75 Å². The summed E-state index contributed by atoms with van der Waals surface area (Å²) >= 11 is 0. The molecule has 0 bridgehead atoms. The first-order valence-electron chi connectivity index (χ1n) is 8.96. The van der Waals surface area contributed by atoms with Gasteiger partial charge in [0.1, 0.15) is 11.8 Å². The fourth-order valence-corrected chi connectivity index (χ4v) is 2.87. The number of rotatable bonds is 10. The minimum Gasteiger partial charge on any atom is -0.406 e. The zero-order valence-corrected chi connectivity index (χ0v) is 15.8. The summed E-state index contributed by atoms with van der Waals surface area (Å²) in [6, 6.07) is 4.77. The van der Waals surface area contributed by atoms with E-state index in [4.69, 9.17) is 5.73 Å². The van der Waals surface area contributed by atoms with Gasteiger partial charge in [0.05, 0.1) is 0 Å². The fourth-order valence-electron chi connectivity index (χ4n) is 2.87. The highest BCUT2D eigenvalue weighted by Gasteiger charge is 2.31. The second-order valence-corrected chi connectivity index (χ2v) is 6.96. The molecule has 2 amide bonds. The predicted molar refractivity (Wildman–Crippen MR) is 96.0 cm³/mol. The Morgan fingerprint density at radius 3 is 2.22 bits per heavy atom. The number of ether oxygens (including phenoxy) is 1. The van der Waals surface area contributed by atoms with E-state index in [0.717, 1.165) is 12.0 Å². The van der Waals surface area contributed by atoms with Gasteiger partial charge in [-0.15, -0.1) is 13.2 Å². The predicted octanol–water partition coefficient (Wildman–Crippen LogP) is 3.88. The maximum atomic E-state index is 12.4. The summed E-state index contributed by atoms with van der Waals surface area (Å²) < 4.78 is 40.6. The number of nitrogens with one attached hydrogen (secondary N) is 1. The molecule has 0 aliphatic rings. The van der Waals surface area contributed by atoms with Gasteiger partial charge in [0.15, 0.2) is 0 Å². The van der Waals surface area contributed by atoms with Crippen LogP contribution in [0.25, 0.3) is 0 Å². The van der Waals surface area contributed by atoms with Gasteiger partial charge >= 0.3 is 6.36 Å². The van der Waals surface area contributed by atoms with E-state index in [0.29, 0.717) is 12.8 Å². The van der Waals surface area contributed by atoms with Crippen molar-refractivity contribution in [3.05, 3.63) is 29.8 Å². The van der Waals surface area contributed by atoms with Gasteiger partial charge in [0, 0.05) is 6.42 Å². The number of carbonyl (C=O) groups excluding carboxylic acids is 2. The first kappa shape index (κ1) is 22.8. The SMILES string of the molecule is CCCC(CC(=O)N[C@H](CC(C)C)C(N)=O)c1ccc(OC(F)(F)F)cc1. The standard InChI is InChI=1S/C19H27F3N2O3/c1-4-5-14(11-17(25)24-16(18(23)26)10-12(2)3)13-6-8-15(9-7-13)27-19(20,21)22/h6-9,12,14,16H,4-5,10-11H2,1-3H3,(H2,23,26)(H,24,25)/t14?,16-/m1/s1. The number of hydrogen-bond donors (Lipinski definition) is 2. The van der Waals surface area contributed by atoms with Gasteiger partial charge in [0.2, 0.25) is 11.8 Å². The van der Waals surface area contributed by atoms with Crippen molar-refractivity contribution in [2.45, 2.75) is 64.8 Å². The molecule has 0 fully saturated rings. The Hall–Kier alpha value is -2.25. The number of amides is 2. The smallest absolute Gasteiger partial charge is 0.406 e. The lowest BCUT2D eigenvalue weighted by Crippen LogP contribution is -2.45. The van der Waals surface area contributed by atoms with Crippen LogP contribution in [-0.2, 0) is 9.59 Å². The van der Waals surface area contributed by atoms with Gasteiger partial charge in [-0.1, -0.05) is 39.3 Å². The molecule has 0 spiro atoms. The van der Waals surface area contributed by atoms with Crippen molar-refractivity contribution in [2.24, 2.45) is 11.7 Å². The highest BCUT2D eigenvalue weighted by atomic mass is 19.4. The molecule has 0 aliphatic heterocycles. The van der Waals surface area contributed by atoms with E-state index in [1.165, 1.54) is 24.3 Å². The van der Waals surface area contributed by atoms with Crippen molar-refractivity contribution in [1.82, 2.24) is 5.32 Å². The van der Waals surface area contributed by atoms with Crippen LogP contribution in [0.15, 0.2) is 24.3 Å². The van der Waals surface area contributed by atoms with E-state index in [1.807, 2.05) is 20.8 Å². The number of benzene rings is 1. The average Bonchev–Trinajstić information content (AvgIpc) is 2.52. The zero-order valence-electron chi connectivity index (χ0n) is 15.8. The lowest BCUT2D eigenvalue weighted by atomic mass is 9.91. The lowest BCUT2D eigenvalue weighted by molar-refractivity contribution is -0.274. The normalized spacial score (nSPS) is 13.9. The first-order chi connectivity index (χ1) is 12.5. The third-order valence-electron chi connectivity index (χ3n) is 4.04. The molecule has 0 saturated carbocycles. The molecular weight excluding hydrogens is 361 g/mol. The third-order valence-corrected chi connectivity index (χ3v) is 4.04. The van der Waals surface area contributed by atoms with E-state index >= 15 is 0 Å². The second kappa shape index (κ2) is 10.2. The third kappa shape index (κ3) is 8.79. The van der Waals surface area contributed by atoms with Crippen molar-refractivity contribution in [3.63, 3.8) is 0 Å². The molecule has 0 saturated heterocycles. The maximum absolute atomic E-state index is 12.4. The maximum Gasteiger partial charge on any atom is 0.573 e. The molecule has 8 heteroatoms. The molecule has 3 N–H and O–H groups in total. The van der Waals surface area contributed by atoms with Crippen LogP contribution in [0.2, 0.25) is 0 Å². The first-order valence-corrected chi connectivity index (χ1v) is 8.96. The molecule has 1 aromatic carbocycles. The monoisotopic (exact) mass is 388 g/mol. The van der Waals surface area contributed by atoms with Gasteiger partial charge in [-0.2, -0.15) is 0 Å². The minimum absolute atomic E-state index is 0.120. The molecule has 5 nitrogen and oxygen atoms in total. The zero-order chi connectivity index (χ0) is 20.6. The Morgan fingerprint density at radius 1 is 1.19 bits per heavy atom. The van der Waals surface area contributed by atoms with E-state index in [2.05, 4.69) is 10.1 Å². The van der Waals surface area contributed by atoms with Crippen molar-refractivity contribution in [2.75, 3.05) is 0 Å². The Bertz CT molecular complexity index is 616. The highest BCUT2D eigenvalue weighted by molar-refractivity contribution is 5.86. The van der Waals surface area contributed by atoms with Crippen molar-refractivity contribution < 1.29 is 27.5 Å². The van der Waals surface area contributed by atoms with E-state index in [9.17, 15) is 22.8 Å². The van der Waals surface area contributed by atoms with Crippen LogP contribution in [-0.4, -0.2) is 24.2 Å². The molecule has 1 aromatic rings. The lowest BCUT2D eigenvalue weighted by Gasteiger charge is -2.21. The van der Waals surface area contributed by atoms with Gasteiger partial charge in [-0.25, -0.2) is 0 Å². The Balaban J connectivity index is 2.80. The largest absolute Gasteiger partial charge is 0.573 e. The highest BCUT2D eigenvalue weighted by Crippen LogP contribution is 2.29. The number of alkyl halides is 3. The molecule has 152 valence electrons. The molecule has 0 heterocycles. The van der Waals surface area contributed by atoms with Gasteiger partial charge in [-0.05, 0) is 42.4 Å². The van der Waals surface area contributed by atoms with Crippen LogP contribution in [0.4, 0.5) is 13.2 Å². The van der Waals surface area contributed by atoms with E-state index in [1.54, 1.807) is 0 Å². The molecule has 2 atom stereocenters. The second-order valence-electron chi connectivity index (χ2n) is 6.96. The summed E-state index contributed by atoms with van der Waals surface area (Å²) in [7, 11) is 0. The molecule has 27 heavy (non-hydrogen) atoms. The van der Waals surface area contributed by atoms with Crippen LogP contribution in [0, 0.1) is 5.92 Å². The van der Waals surface area contributed by atoms with Gasteiger partial charge in [-0.3, -0.25) is 9.59 Å². The van der Waals surface area contributed by atoms with Crippen LogP contribution in [0.5, 0.6) is 5.75 Å². The Labute approximate surface area is 157 Å². The quantitative estimate of drug-likeness (QED) is 0.638. The van der Waals surface area contributed by atoms with Gasteiger partial charge in [0.25, 0.3) is 0 Å². The van der Waals surface area contributed by atoms with E-state index in [-0.39, 0.29) is 29.9 Å². The van der Waals surface area contributed by atoms with Crippen LogP contribution in [0.1, 0.15) is 57.9 Å². The number of halogens is 3. The number of primary amides is 1. The van der Waals surface area contributed by atoms with Gasteiger partial charge < -0.3 is 15.8 Å². The molecule has 1 rings (SSSR count). The summed E-state index contributed by atoms with van der Waals surface area (Å²) in [5.74, 6) is -1.19. The summed E-state index contributed by atoms with van der Waals surface area (Å²) in [6.45, 7) is 5.80. The molecular formula is C19H27F3N2O3. The Morgan fingerprint density at radius 2 is 1.78 bits per heavy atom. The minimum atomic E-state index is -4.75. The molecule has 1 unspecified atom stereocenters. The summed E-state index contributed by atoms with van der Waals surface area (Å²) in [5.41, 5.74) is 6.08. The molecule has 0 aliphatic carbocycles. The van der Waals surface area contributed by atoms with Crippen LogP contribution >= 0.6 is 0 Å². The average molecular weight is 388 g/mol. The van der Waals surface area contributed by atoms with Crippen molar-refractivity contribution in [1.29, 1.82) is 0 Å². The topological polar surface area (TPSA) is 81.4 Å². The van der Waals surface area contributed by atoms with Crippen LogP contribution < -0.4 is 15.8 Å². The van der Waals surface area contributed by atoms with E-state index < -0.39 is 18.3 Å². The number of carbonyl (C=O) groups is 2. The van der Waals surface area contributed by atoms with Crippen LogP contribution in [0.3, 0.4) is 0 Å². The summed E-state index contributed by atoms with van der Waals surface area (Å²) in [4.78, 5) is 23.9. The fraction of sp³-hybridized carbons (Fsp3) is 0.579.